The maximum absolute atomic E-state index is 13.9. The minimum Gasteiger partial charge on any atom is -0.456 e. The number of benzene rings is 3. The molecule has 15 heteroatoms. The molecule has 0 radical (unpaired) electrons. The summed E-state index contributed by atoms with van der Waals surface area (Å²) in [6, 6.07) is 22.5. The first-order valence-electron chi connectivity index (χ1n) is 19.7. The molecule has 2 amide bonds. The van der Waals surface area contributed by atoms with Crippen LogP contribution in [0.25, 0.3) is 0 Å². The number of aromatic nitrogens is 3. The summed E-state index contributed by atoms with van der Waals surface area (Å²) in [7, 11) is 0. The van der Waals surface area contributed by atoms with Gasteiger partial charge in [0.25, 0.3) is 0 Å². The Morgan fingerprint density at radius 1 is 0.828 bits per heavy atom. The SMILES string of the molecule is Cc1nnc(NC(=O)[C@H]2CC(c3ccc(Oc4ccc(NC(=O)[C@@]5(C)CCCCN5Cc5cccc6c5OCO6)cc4)cn3)CCN2Cc2cccc3c2OCO3)o1. The van der Waals surface area contributed by atoms with E-state index in [9.17, 15) is 9.59 Å². The van der Waals surface area contributed by atoms with E-state index >= 15 is 0 Å². The predicted molar refractivity (Wildman–Crippen MR) is 211 cm³/mol. The average molecular weight is 788 g/mol. The van der Waals surface area contributed by atoms with Gasteiger partial charge in [-0.1, -0.05) is 29.4 Å². The highest BCUT2D eigenvalue weighted by atomic mass is 16.7. The highest BCUT2D eigenvalue weighted by molar-refractivity contribution is 5.98. The number of nitrogens with one attached hydrogen (secondary N) is 2. The molecule has 2 aromatic heterocycles. The van der Waals surface area contributed by atoms with E-state index in [1.54, 1.807) is 13.1 Å². The Kier molecular flexibility index (Phi) is 10.3. The van der Waals surface area contributed by atoms with Gasteiger partial charge in [-0.25, -0.2) is 0 Å². The van der Waals surface area contributed by atoms with Crippen molar-refractivity contribution in [2.45, 2.75) is 76.5 Å². The number of aryl methyl sites for hydroxylation is 1. The number of hydrogen-bond acceptors (Lipinski definition) is 13. The monoisotopic (exact) mass is 787 g/mol. The molecule has 6 heterocycles. The standard InChI is InChI=1S/C43H45N7O8/c1-27-47-48-42(57-27)46-40(51)35-21-28(17-20-49(35)23-29-7-5-9-36-38(29)55-25-53-36)34-16-15-33(22-44-34)58-32-13-11-31(12-14-32)45-41(52)43(2)18-3-4-19-50(43)24-30-8-6-10-37-39(30)56-26-54-37/h5-16,22,28,35H,3-4,17-21,23-26H2,1-2H3,(H,45,52)(H,46,48,51)/t28?,35-,43-/m1/s1. The molecule has 9 rings (SSSR count). The highest BCUT2D eigenvalue weighted by Gasteiger charge is 2.42. The van der Waals surface area contributed by atoms with Gasteiger partial charge in [0.05, 0.1) is 17.8 Å². The van der Waals surface area contributed by atoms with Crippen molar-refractivity contribution in [3.8, 4) is 34.5 Å². The van der Waals surface area contributed by atoms with E-state index in [2.05, 4.69) is 30.6 Å². The fourth-order valence-corrected chi connectivity index (χ4v) is 8.32. The smallest absolute Gasteiger partial charge is 0.322 e. The summed E-state index contributed by atoms with van der Waals surface area (Å²) in [6.45, 7) is 6.63. The lowest BCUT2D eigenvalue weighted by Crippen LogP contribution is -2.56. The minimum atomic E-state index is -0.691. The molecular weight excluding hydrogens is 743 g/mol. The topological polar surface area (TPSA) is 163 Å². The number of rotatable bonds is 11. The second-order valence-corrected chi connectivity index (χ2v) is 15.3. The quantitative estimate of drug-likeness (QED) is 0.144. The maximum atomic E-state index is 13.9. The number of amides is 2. The first-order chi connectivity index (χ1) is 28.3. The van der Waals surface area contributed by atoms with Crippen LogP contribution in [-0.2, 0) is 22.7 Å². The van der Waals surface area contributed by atoms with Gasteiger partial charge in [0, 0.05) is 48.4 Å². The van der Waals surface area contributed by atoms with Crippen LogP contribution < -0.4 is 34.3 Å². The number of piperidine rings is 2. The molecule has 4 aliphatic heterocycles. The Balaban J connectivity index is 0.833. The van der Waals surface area contributed by atoms with Gasteiger partial charge < -0.3 is 33.4 Å². The van der Waals surface area contributed by atoms with Crippen molar-refractivity contribution in [2.24, 2.45) is 0 Å². The molecule has 1 unspecified atom stereocenters. The van der Waals surface area contributed by atoms with E-state index in [4.69, 9.17) is 33.1 Å². The van der Waals surface area contributed by atoms with Crippen LogP contribution in [0.3, 0.4) is 0 Å². The summed E-state index contributed by atoms with van der Waals surface area (Å²) in [6.07, 6.45) is 5.78. The fourth-order valence-electron chi connectivity index (χ4n) is 8.32. The van der Waals surface area contributed by atoms with Gasteiger partial charge in [-0.05, 0) is 101 Å². The zero-order valence-electron chi connectivity index (χ0n) is 32.4. The number of pyridine rings is 1. The van der Waals surface area contributed by atoms with Crippen LogP contribution in [0, 0.1) is 6.92 Å². The Morgan fingerprint density at radius 2 is 1.55 bits per heavy atom. The Labute approximate surface area is 335 Å². The number of carbonyl (C=O) groups excluding carboxylic acids is 2. The number of fused-ring (bicyclic) bond motifs is 2. The lowest BCUT2D eigenvalue weighted by atomic mass is 9.86. The maximum Gasteiger partial charge on any atom is 0.322 e. The second kappa shape index (κ2) is 16.0. The first kappa shape index (κ1) is 37.4. The summed E-state index contributed by atoms with van der Waals surface area (Å²) in [5, 5.41) is 13.8. The van der Waals surface area contributed by atoms with Crippen LogP contribution in [0.5, 0.6) is 34.5 Å². The third-order valence-corrected chi connectivity index (χ3v) is 11.5. The third kappa shape index (κ3) is 7.74. The van der Waals surface area contributed by atoms with E-state index in [1.165, 1.54) is 0 Å². The zero-order valence-corrected chi connectivity index (χ0v) is 32.4. The number of ether oxygens (including phenoxy) is 5. The molecule has 3 aromatic carbocycles. The van der Waals surface area contributed by atoms with Gasteiger partial charge in [0.1, 0.15) is 11.5 Å². The molecule has 0 bridgehead atoms. The van der Waals surface area contributed by atoms with E-state index in [1.807, 2.05) is 79.7 Å². The Hall–Kier alpha value is -6.19. The number of carbonyl (C=O) groups is 2. The zero-order chi connectivity index (χ0) is 39.6. The molecule has 0 saturated carbocycles. The summed E-state index contributed by atoms with van der Waals surface area (Å²) in [5.74, 6) is 4.21. The van der Waals surface area contributed by atoms with Gasteiger partial charge in [0.15, 0.2) is 23.0 Å². The third-order valence-electron chi connectivity index (χ3n) is 11.5. The van der Waals surface area contributed by atoms with Gasteiger partial charge in [-0.15, -0.1) is 5.10 Å². The number of nitrogens with zero attached hydrogens (tertiary/aromatic N) is 5. The van der Waals surface area contributed by atoms with Crippen molar-refractivity contribution < 1.29 is 37.7 Å². The van der Waals surface area contributed by atoms with Crippen LogP contribution >= 0.6 is 0 Å². The predicted octanol–water partition coefficient (Wildman–Crippen LogP) is 6.79. The number of hydrogen-bond donors (Lipinski definition) is 2. The fraction of sp³-hybridized carbons (Fsp3) is 0.372. The molecule has 0 spiro atoms. The van der Waals surface area contributed by atoms with Crippen molar-refractivity contribution >= 4 is 23.5 Å². The summed E-state index contributed by atoms with van der Waals surface area (Å²) in [5.41, 5.74) is 2.84. The molecule has 300 valence electrons. The number of para-hydroxylation sites is 2. The van der Waals surface area contributed by atoms with Crippen molar-refractivity contribution in [1.29, 1.82) is 0 Å². The summed E-state index contributed by atoms with van der Waals surface area (Å²) in [4.78, 5) is 36.7. The van der Waals surface area contributed by atoms with E-state index < -0.39 is 11.6 Å². The molecule has 4 aliphatic rings. The van der Waals surface area contributed by atoms with Gasteiger partial charge in [0.2, 0.25) is 31.3 Å². The minimum absolute atomic E-state index is 0.0206. The lowest BCUT2D eigenvalue weighted by Gasteiger charge is -2.43. The number of likely N-dealkylation sites (tertiary alicyclic amines) is 2. The summed E-state index contributed by atoms with van der Waals surface area (Å²) >= 11 is 0. The van der Waals surface area contributed by atoms with Crippen LogP contribution in [0.2, 0.25) is 0 Å². The molecule has 15 nitrogen and oxygen atoms in total. The first-order valence-corrected chi connectivity index (χ1v) is 19.7. The van der Waals surface area contributed by atoms with Crippen molar-refractivity contribution in [3.05, 3.63) is 102 Å². The normalized spacial score (nSPS) is 21.4. The van der Waals surface area contributed by atoms with Crippen LogP contribution in [0.15, 0.2) is 83.4 Å². The van der Waals surface area contributed by atoms with E-state index in [-0.39, 0.29) is 37.3 Å². The van der Waals surface area contributed by atoms with Gasteiger partial charge in [-0.3, -0.25) is 29.7 Å². The molecule has 58 heavy (non-hydrogen) atoms. The molecular formula is C43H45N7O8. The molecule has 2 saturated heterocycles. The van der Waals surface area contributed by atoms with Crippen molar-refractivity contribution in [3.63, 3.8) is 0 Å². The molecule has 0 aliphatic carbocycles. The van der Waals surface area contributed by atoms with E-state index in [0.29, 0.717) is 60.6 Å². The highest BCUT2D eigenvalue weighted by Crippen LogP contribution is 2.40. The molecule has 2 fully saturated rings. The number of anilines is 2. The van der Waals surface area contributed by atoms with Crippen molar-refractivity contribution in [2.75, 3.05) is 37.3 Å². The van der Waals surface area contributed by atoms with Crippen LogP contribution in [-0.4, -0.2) is 75.1 Å². The Morgan fingerprint density at radius 3 is 2.24 bits per heavy atom. The van der Waals surface area contributed by atoms with Crippen LogP contribution in [0.1, 0.15) is 67.7 Å². The van der Waals surface area contributed by atoms with Gasteiger partial charge in [-0.2, -0.15) is 0 Å². The lowest BCUT2D eigenvalue weighted by molar-refractivity contribution is -0.130. The molecule has 5 aromatic rings. The molecule has 2 N–H and O–H groups in total. The Bertz CT molecular complexity index is 2280. The van der Waals surface area contributed by atoms with Crippen molar-refractivity contribution in [1.82, 2.24) is 25.0 Å². The largest absolute Gasteiger partial charge is 0.456 e. The van der Waals surface area contributed by atoms with Gasteiger partial charge >= 0.3 is 6.01 Å². The van der Waals surface area contributed by atoms with E-state index in [0.717, 1.165) is 60.5 Å². The molecule has 3 atom stereocenters. The van der Waals surface area contributed by atoms with Crippen LogP contribution in [0.4, 0.5) is 11.7 Å². The second-order valence-electron chi connectivity index (χ2n) is 15.3. The average Bonchev–Trinajstić information content (AvgIpc) is 4.02. The summed E-state index contributed by atoms with van der Waals surface area (Å²) < 4.78 is 34.3.